The Balaban J connectivity index is 1.27. The molecule has 0 spiro atoms. The van der Waals surface area contributed by atoms with Gasteiger partial charge in [-0.3, -0.25) is 14.5 Å². The second-order valence-corrected chi connectivity index (χ2v) is 8.40. The van der Waals surface area contributed by atoms with Crippen molar-refractivity contribution >= 4 is 11.8 Å². The van der Waals surface area contributed by atoms with Crippen LogP contribution in [0.4, 0.5) is 4.39 Å². The number of carbonyl (C=O) groups is 2. The van der Waals surface area contributed by atoms with Gasteiger partial charge in [0.2, 0.25) is 5.91 Å². The quantitative estimate of drug-likeness (QED) is 0.801. The van der Waals surface area contributed by atoms with E-state index in [1.165, 1.54) is 56.4 Å². The van der Waals surface area contributed by atoms with Crippen molar-refractivity contribution in [1.29, 1.82) is 0 Å². The zero-order valence-electron chi connectivity index (χ0n) is 16.5. The summed E-state index contributed by atoms with van der Waals surface area (Å²) >= 11 is 0. The van der Waals surface area contributed by atoms with E-state index in [0.717, 1.165) is 19.5 Å². The lowest BCUT2D eigenvalue weighted by Gasteiger charge is -2.36. The number of likely N-dealkylation sites (tertiary alicyclic amines) is 1. The van der Waals surface area contributed by atoms with E-state index in [1.54, 1.807) is 4.90 Å². The van der Waals surface area contributed by atoms with Crippen molar-refractivity contribution in [1.82, 2.24) is 14.7 Å². The maximum atomic E-state index is 13.1. The maximum absolute atomic E-state index is 13.1. The van der Waals surface area contributed by atoms with Crippen LogP contribution in [0.1, 0.15) is 48.9 Å². The number of amides is 2. The van der Waals surface area contributed by atoms with Crippen molar-refractivity contribution in [2.75, 3.05) is 39.3 Å². The van der Waals surface area contributed by atoms with Crippen molar-refractivity contribution in [3.05, 3.63) is 35.6 Å². The van der Waals surface area contributed by atoms with E-state index in [-0.39, 0.29) is 23.5 Å². The second-order valence-electron chi connectivity index (χ2n) is 8.40. The molecule has 1 aromatic rings. The average molecular weight is 387 g/mol. The van der Waals surface area contributed by atoms with Crippen LogP contribution in [-0.2, 0) is 4.79 Å². The maximum Gasteiger partial charge on any atom is 0.253 e. The Labute approximate surface area is 166 Å². The van der Waals surface area contributed by atoms with E-state index >= 15 is 0 Å². The summed E-state index contributed by atoms with van der Waals surface area (Å²) in [6.07, 6.45) is 7.53. The van der Waals surface area contributed by atoms with Gasteiger partial charge in [0.1, 0.15) is 5.82 Å². The molecule has 1 saturated carbocycles. The third-order valence-corrected chi connectivity index (χ3v) is 6.63. The molecular formula is C22H30FN3O2. The molecule has 2 saturated heterocycles. The number of hydrogen-bond donors (Lipinski definition) is 0. The Morgan fingerprint density at radius 3 is 2.14 bits per heavy atom. The monoisotopic (exact) mass is 387 g/mol. The molecule has 0 aromatic heterocycles. The van der Waals surface area contributed by atoms with Gasteiger partial charge < -0.3 is 9.80 Å². The molecular weight excluding hydrogens is 357 g/mol. The number of hydrogen-bond acceptors (Lipinski definition) is 3. The summed E-state index contributed by atoms with van der Waals surface area (Å²) in [7, 11) is 0. The SMILES string of the molecule is O=C(c1ccc(F)cc1)N1CCN(C(=O)C2CCN(C3CCCCC3)C2)CC1. The van der Waals surface area contributed by atoms with Crippen LogP contribution in [0.25, 0.3) is 0 Å². The highest BCUT2D eigenvalue weighted by molar-refractivity contribution is 5.94. The molecule has 1 aromatic carbocycles. The zero-order chi connectivity index (χ0) is 19.5. The summed E-state index contributed by atoms with van der Waals surface area (Å²) in [5, 5.41) is 0. The number of nitrogens with zero attached hydrogens (tertiary/aromatic N) is 3. The van der Waals surface area contributed by atoms with E-state index < -0.39 is 0 Å². The first-order valence-corrected chi connectivity index (χ1v) is 10.7. The fourth-order valence-corrected chi connectivity index (χ4v) is 4.93. The largest absolute Gasteiger partial charge is 0.339 e. The summed E-state index contributed by atoms with van der Waals surface area (Å²) in [5.41, 5.74) is 0.500. The minimum Gasteiger partial charge on any atom is -0.339 e. The van der Waals surface area contributed by atoms with Crippen molar-refractivity contribution in [2.45, 2.75) is 44.6 Å². The van der Waals surface area contributed by atoms with E-state index in [2.05, 4.69) is 4.90 Å². The Hall–Kier alpha value is -1.95. The highest BCUT2D eigenvalue weighted by Gasteiger charge is 2.36. The van der Waals surface area contributed by atoms with Gasteiger partial charge in [0.25, 0.3) is 5.91 Å². The number of carbonyl (C=O) groups excluding carboxylic acids is 2. The minimum absolute atomic E-state index is 0.0866. The van der Waals surface area contributed by atoms with Gasteiger partial charge >= 0.3 is 0 Å². The van der Waals surface area contributed by atoms with Gasteiger partial charge in [0.15, 0.2) is 0 Å². The van der Waals surface area contributed by atoms with Crippen molar-refractivity contribution < 1.29 is 14.0 Å². The molecule has 1 aliphatic carbocycles. The predicted molar refractivity (Wildman–Crippen MR) is 105 cm³/mol. The van der Waals surface area contributed by atoms with Crippen LogP contribution in [-0.4, -0.2) is 71.8 Å². The third-order valence-electron chi connectivity index (χ3n) is 6.63. The summed E-state index contributed by atoms with van der Waals surface area (Å²) in [6, 6.07) is 6.34. The van der Waals surface area contributed by atoms with Crippen LogP contribution in [0, 0.1) is 11.7 Å². The van der Waals surface area contributed by atoms with Crippen LogP contribution in [0.5, 0.6) is 0 Å². The standard InChI is InChI=1S/C22H30FN3O2/c23-19-8-6-17(7-9-19)21(27)24-12-14-25(15-13-24)22(28)18-10-11-26(16-18)20-4-2-1-3-5-20/h6-9,18,20H,1-5,10-16H2. The second kappa shape index (κ2) is 8.60. The van der Waals surface area contributed by atoms with E-state index in [4.69, 9.17) is 0 Å². The van der Waals surface area contributed by atoms with Gasteiger partial charge in [-0.25, -0.2) is 4.39 Å². The van der Waals surface area contributed by atoms with Gasteiger partial charge in [-0.2, -0.15) is 0 Å². The van der Waals surface area contributed by atoms with Gasteiger partial charge in [-0.1, -0.05) is 19.3 Å². The molecule has 3 aliphatic rings. The smallest absolute Gasteiger partial charge is 0.253 e. The first-order valence-electron chi connectivity index (χ1n) is 10.7. The first-order chi connectivity index (χ1) is 13.6. The topological polar surface area (TPSA) is 43.9 Å². The molecule has 0 N–H and O–H groups in total. The Bertz CT molecular complexity index is 694. The summed E-state index contributed by atoms with van der Waals surface area (Å²) < 4.78 is 13.1. The molecule has 4 rings (SSSR count). The van der Waals surface area contributed by atoms with Crippen molar-refractivity contribution in [3.8, 4) is 0 Å². The normalized spacial score (nSPS) is 24.5. The Morgan fingerprint density at radius 2 is 1.46 bits per heavy atom. The van der Waals surface area contributed by atoms with Gasteiger partial charge in [0.05, 0.1) is 5.92 Å². The molecule has 0 radical (unpaired) electrons. The molecule has 2 amide bonds. The molecule has 152 valence electrons. The van der Waals surface area contributed by atoms with Crippen molar-refractivity contribution in [2.24, 2.45) is 5.92 Å². The minimum atomic E-state index is -0.342. The summed E-state index contributed by atoms with van der Waals surface area (Å²) in [5.74, 6) is -0.0595. The lowest BCUT2D eigenvalue weighted by molar-refractivity contribution is -0.136. The van der Waals surface area contributed by atoms with Gasteiger partial charge in [-0.15, -0.1) is 0 Å². The van der Waals surface area contributed by atoms with Gasteiger partial charge in [-0.05, 0) is 50.1 Å². The van der Waals surface area contributed by atoms with E-state index in [9.17, 15) is 14.0 Å². The molecule has 2 aliphatic heterocycles. The predicted octanol–water partition coefficient (Wildman–Crippen LogP) is 2.76. The lowest BCUT2D eigenvalue weighted by atomic mass is 9.94. The lowest BCUT2D eigenvalue weighted by Crippen LogP contribution is -2.52. The van der Waals surface area contributed by atoms with E-state index in [0.29, 0.717) is 37.8 Å². The van der Waals surface area contributed by atoms with Crippen LogP contribution >= 0.6 is 0 Å². The van der Waals surface area contributed by atoms with E-state index in [1.807, 2.05) is 4.90 Å². The molecule has 6 heteroatoms. The van der Waals surface area contributed by atoms with Crippen LogP contribution in [0.2, 0.25) is 0 Å². The van der Waals surface area contributed by atoms with Crippen LogP contribution < -0.4 is 0 Å². The molecule has 5 nitrogen and oxygen atoms in total. The molecule has 2 heterocycles. The highest BCUT2D eigenvalue weighted by Crippen LogP contribution is 2.28. The summed E-state index contributed by atoms with van der Waals surface area (Å²) in [6.45, 7) is 4.21. The fourth-order valence-electron chi connectivity index (χ4n) is 4.93. The van der Waals surface area contributed by atoms with Crippen LogP contribution in [0.3, 0.4) is 0 Å². The van der Waals surface area contributed by atoms with Gasteiger partial charge in [0, 0.05) is 44.3 Å². The average Bonchev–Trinajstić information content (AvgIpc) is 3.24. The first kappa shape index (κ1) is 19.4. The fraction of sp³-hybridized carbons (Fsp3) is 0.636. The number of rotatable bonds is 3. The number of benzene rings is 1. The molecule has 1 unspecified atom stereocenters. The molecule has 1 atom stereocenters. The summed E-state index contributed by atoms with van der Waals surface area (Å²) in [4.78, 5) is 31.8. The highest BCUT2D eigenvalue weighted by atomic mass is 19.1. The Kier molecular flexibility index (Phi) is 5.95. The Morgan fingerprint density at radius 1 is 0.821 bits per heavy atom. The molecule has 3 fully saturated rings. The molecule has 28 heavy (non-hydrogen) atoms. The zero-order valence-corrected chi connectivity index (χ0v) is 16.5. The third kappa shape index (κ3) is 4.22. The number of piperazine rings is 1. The van der Waals surface area contributed by atoms with Crippen LogP contribution in [0.15, 0.2) is 24.3 Å². The number of halogens is 1. The molecule has 0 bridgehead atoms. The van der Waals surface area contributed by atoms with Crippen molar-refractivity contribution in [3.63, 3.8) is 0 Å².